The number of benzene rings is 4. The summed E-state index contributed by atoms with van der Waals surface area (Å²) in [6.07, 6.45) is 1.87. The van der Waals surface area contributed by atoms with E-state index in [1.165, 1.54) is 43.7 Å². The minimum Gasteiger partial charge on any atom is -0.334 e. The van der Waals surface area contributed by atoms with Crippen LogP contribution in [-0.4, -0.2) is 0 Å². The predicted octanol–water partition coefficient (Wildman–Crippen LogP) is 6.92. The quantitative estimate of drug-likeness (QED) is 0.290. The van der Waals surface area contributed by atoms with Crippen LogP contribution in [0.2, 0.25) is 0 Å². The first-order valence-corrected chi connectivity index (χ1v) is 14.0. The van der Waals surface area contributed by atoms with Crippen molar-refractivity contribution in [2.45, 2.75) is 51.6 Å². The molecule has 2 aliphatic rings. The molecule has 3 heteroatoms. The van der Waals surface area contributed by atoms with E-state index in [1.807, 2.05) is 0 Å². The smallest absolute Gasteiger partial charge is 0.225 e. The van der Waals surface area contributed by atoms with Crippen molar-refractivity contribution < 1.29 is 9.47 Å². The Morgan fingerprint density at radius 1 is 0.629 bits per heavy atom. The molecule has 0 radical (unpaired) electrons. The molecule has 4 aromatic carbocycles. The van der Waals surface area contributed by atoms with Crippen LogP contribution < -0.4 is 15.9 Å². The van der Waals surface area contributed by atoms with Gasteiger partial charge < -0.3 is 9.47 Å². The molecule has 0 fully saturated rings. The van der Waals surface area contributed by atoms with Gasteiger partial charge in [-0.1, -0.05) is 111 Å². The molecule has 0 N–H and O–H groups in total. The Morgan fingerprint density at radius 3 is 1.69 bits per heavy atom. The van der Waals surface area contributed by atoms with E-state index in [-0.39, 0.29) is 12.2 Å². The lowest BCUT2D eigenvalue weighted by molar-refractivity contribution is -0.235. The summed E-state index contributed by atoms with van der Waals surface area (Å²) < 4.78 is 14.0. The third-order valence-corrected chi connectivity index (χ3v) is 9.84. The van der Waals surface area contributed by atoms with Gasteiger partial charge >= 0.3 is 0 Å². The highest BCUT2D eigenvalue weighted by Crippen LogP contribution is 2.59. The first-order chi connectivity index (χ1) is 17.2. The maximum absolute atomic E-state index is 7.02. The summed E-state index contributed by atoms with van der Waals surface area (Å²) in [5.41, 5.74) is 6.23. The molecule has 2 heterocycles. The third-order valence-electron chi connectivity index (χ3n) is 7.36. The number of ether oxygens (including phenoxy) is 2. The summed E-state index contributed by atoms with van der Waals surface area (Å²) in [7, 11) is -0.792. The minimum atomic E-state index is -0.863. The molecule has 35 heavy (non-hydrogen) atoms. The number of hydrogen-bond donors (Lipinski definition) is 0. The number of hydrogen-bond acceptors (Lipinski definition) is 2. The fraction of sp³-hybridized carbons (Fsp3) is 0.250. The number of fused-ring (bicyclic) bond motifs is 4. The van der Waals surface area contributed by atoms with Crippen molar-refractivity contribution >= 4 is 23.8 Å². The molecule has 0 amide bonds. The first kappa shape index (κ1) is 22.7. The summed E-state index contributed by atoms with van der Waals surface area (Å²) in [4.78, 5) is 0. The maximum Gasteiger partial charge on any atom is 0.225 e. The molecular weight excluding hydrogens is 447 g/mol. The molecule has 2 aliphatic heterocycles. The van der Waals surface area contributed by atoms with Crippen molar-refractivity contribution in [3.63, 3.8) is 0 Å². The van der Waals surface area contributed by atoms with Gasteiger partial charge in [0.2, 0.25) is 5.79 Å². The van der Waals surface area contributed by atoms with E-state index < -0.39 is 13.7 Å². The van der Waals surface area contributed by atoms with E-state index >= 15 is 0 Å². The molecule has 0 saturated heterocycles. The second kappa shape index (κ2) is 9.03. The van der Waals surface area contributed by atoms with Crippen LogP contribution in [0.25, 0.3) is 0 Å². The molecule has 0 unspecified atom stereocenters. The fourth-order valence-corrected chi connectivity index (χ4v) is 8.41. The minimum absolute atomic E-state index is 0.0106. The zero-order valence-corrected chi connectivity index (χ0v) is 21.5. The fourth-order valence-electron chi connectivity index (χ4n) is 5.88. The molecule has 2 nitrogen and oxygen atoms in total. The van der Waals surface area contributed by atoms with Crippen LogP contribution in [0.4, 0.5) is 0 Å². The molecule has 176 valence electrons. The number of aryl methyl sites for hydroxylation is 1. The number of rotatable bonds is 5. The molecule has 3 atom stereocenters. The Morgan fingerprint density at radius 2 is 1.14 bits per heavy atom. The van der Waals surface area contributed by atoms with Gasteiger partial charge in [-0.2, -0.15) is 0 Å². The van der Waals surface area contributed by atoms with Crippen LogP contribution in [0.5, 0.6) is 0 Å². The van der Waals surface area contributed by atoms with E-state index in [0.29, 0.717) is 0 Å². The monoisotopic (exact) mass is 478 g/mol. The van der Waals surface area contributed by atoms with Crippen molar-refractivity contribution in [2.75, 3.05) is 0 Å². The van der Waals surface area contributed by atoms with Crippen LogP contribution in [0.15, 0.2) is 97.1 Å². The molecule has 0 saturated carbocycles. The highest BCUT2D eigenvalue weighted by molar-refractivity contribution is 7.79. The summed E-state index contributed by atoms with van der Waals surface area (Å²) >= 11 is 0. The van der Waals surface area contributed by atoms with Gasteiger partial charge in [0.1, 0.15) is 0 Å². The topological polar surface area (TPSA) is 18.5 Å². The van der Waals surface area contributed by atoms with Crippen LogP contribution >= 0.6 is 7.92 Å². The Bertz CT molecular complexity index is 1310. The van der Waals surface area contributed by atoms with Crippen molar-refractivity contribution in [1.82, 2.24) is 0 Å². The van der Waals surface area contributed by atoms with E-state index in [2.05, 4.69) is 118 Å². The highest BCUT2D eigenvalue weighted by Gasteiger charge is 2.56. The van der Waals surface area contributed by atoms with Crippen LogP contribution in [-0.2, 0) is 15.3 Å². The second-order valence-corrected chi connectivity index (χ2v) is 11.6. The van der Waals surface area contributed by atoms with Gasteiger partial charge in [0, 0.05) is 11.1 Å². The summed E-state index contributed by atoms with van der Waals surface area (Å²) in [6, 6.07) is 35.2. The van der Waals surface area contributed by atoms with Crippen LogP contribution in [0, 0.1) is 6.92 Å². The molecule has 1 spiro atoms. The molecular formula is C32H31O2P. The van der Waals surface area contributed by atoms with E-state index in [0.717, 1.165) is 12.8 Å². The third kappa shape index (κ3) is 3.51. The van der Waals surface area contributed by atoms with Gasteiger partial charge in [-0.25, -0.2) is 0 Å². The Kier molecular flexibility index (Phi) is 5.85. The average Bonchev–Trinajstić information content (AvgIpc) is 3.41. The first-order valence-electron chi connectivity index (χ1n) is 12.7. The van der Waals surface area contributed by atoms with E-state index in [1.54, 1.807) is 0 Å². The van der Waals surface area contributed by atoms with E-state index in [4.69, 9.17) is 9.47 Å². The van der Waals surface area contributed by atoms with Gasteiger partial charge in [-0.15, -0.1) is 0 Å². The average molecular weight is 479 g/mol. The normalized spacial score (nSPS) is 22.5. The summed E-state index contributed by atoms with van der Waals surface area (Å²) in [5, 5.41) is 4.01. The molecule has 0 aliphatic carbocycles. The largest absolute Gasteiger partial charge is 0.334 e. The lowest BCUT2D eigenvalue weighted by atomic mass is 9.89. The Labute approximate surface area is 209 Å². The van der Waals surface area contributed by atoms with Gasteiger partial charge in [-0.3, -0.25) is 0 Å². The van der Waals surface area contributed by atoms with Gasteiger partial charge in [0.25, 0.3) is 0 Å². The summed E-state index contributed by atoms with van der Waals surface area (Å²) in [5.74, 6) is -0.863. The van der Waals surface area contributed by atoms with Crippen molar-refractivity contribution in [3.8, 4) is 0 Å². The molecule has 0 aromatic heterocycles. The van der Waals surface area contributed by atoms with Gasteiger partial charge in [0.15, 0.2) is 0 Å². The lowest BCUT2D eigenvalue weighted by Gasteiger charge is -2.31. The van der Waals surface area contributed by atoms with Gasteiger partial charge in [0.05, 0.1) is 12.2 Å². The second-order valence-electron chi connectivity index (χ2n) is 9.43. The highest BCUT2D eigenvalue weighted by atomic mass is 31.1. The van der Waals surface area contributed by atoms with Crippen LogP contribution in [0.3, 0.4) is 0 Å². The predicted molar refractivity (Wildman–Crippen MR) is 145 cm³/mol. The van der Waals surface area contributed by atoms with Crippen molar-refractivity contribution in [3.05, 3.63) is 125 Å². The SMILES string of the molecule is CC[C@@H]1O[C@@]2(O[C@@H](CC)c3cccc(P(c4ccccc4)c4ccccc4)c32)c2c(C)cccc21. The Hall–Kier alpha value is -2.77. The van der Waals surface area contributed by atoms with Crippen LogP contribution in [0.1, 0.15) is 66.7 Å². The Balaban J connectivity index is 1.66. The zero-order chi connectivity index (χ0) is 24.0. The van der Waals surface area contributed by atoms with E-state index in [9.17, 15) is 0 Å². The molecule has 6 rings (SSSR count). The molecule has 4 aromatic rings. The maximum atomic E-state index is 7.02. The van der Waals surface area contributed by atoms with Crippen molar-refractivity contribution in [2.24, 2.45) is 0 Å². The zero-order valence-electron chi connectivity index (χ0n) is 20.6. The summed E-state index contributed by atoms with van der Waals surface area (Å²) in [6.45, 7) is 6.61. The van der Waals surface area contributed by atoms with Crippen molar-refractivity contribution in [1.29, 1.82) is 0 Å². The lowest BCUT2D eigenvalue weighted by Crippen LogP contribution is -2.34. The van der Waals surface area contributed by atoms with Gasteiger partial charge in [-0.05, 0) is 60.3 Å². The molecule has 0 bridgehead atoms. The standard InChI is InChI=1S/C32H31O2P/c1-4-27-25-19-12-14-22(3)30(25)32(33-27)31-26(28(5-2)34-32)20-13-21-29(31)35(23-15-8-6-9-16-23)24-17-10-7-11-18-24/h6-21,27-28H,4-5H2,1-3H3/t27-,28-,32+/m0/s1.